The average molecular weight is 279 g/mol. The van der Waals surface area contributed by atoms with Gasteiger partial charge in [0.2, 0.25) is 0 Å². The topological polar surface area (TPSA) is 60.4 Å². The van der Waals surface area contributed by atoms with E-state index in [1.54, 1.807) is 12.1 Å². The molecule has 0 spiro atoms. The fourth-order valence-corrected chi connectivity index (χ4v) is 1.41. The Morgan fingerprint density at radius 2 is 1.79 bits per heavy atom. The van der Waals surface area contributed by atoms with Gasteiger partial charge < -0.3 is 4.18 Å². The third-order valence-corrected chi connectivity index (χ3v) is 2.29. The van der Waals surface area contributed by atoms with Crippen LogP contribution in [0.2, 0.25) is 0 Å². The van der Waals surface area contributed by atoms with Crippen molar-refractivity contribution in [2.24, 2.45) is 0 Å². The molecule has 76 valence electrons. The summed E-state index contributed by atoms with van der Waals surface area (Å²) < 4.78 is 26.2. The number of rotatable bonds is 2. The molecule has 0 unspecified atom stereocenters. The lowest BCUT2D eigenvalue weighted by Gasteiger charge is -2.00. The first-order valence-corrected chi connectivity index (χ1v) is 6.19. The number of carbonyl (C=O) groups excluding carboxylic acids is 1. The molecule has 6 heteroatoms. The molecule has 0 aromatic heterocycles. The van der Waals surface area contributed by atoms with Crippen LogP contribution in [-0.2, 0) is 14.3 Å². The van der Waals surface area contributed by atoms with Crippen molar-refractivity contribution >= 4 is 32.0 Å². The predicted octanol–water partition coefficient (Wildman–Crippen LogP) is 1.57. The van der Waals surface area contributed by atoms with Crippen molar-refractivity contribution in [3.63, 3.8) is 0 Å². The second-order valence-corrected chi connectivity index (χ2v) is 5.07. The number of hydrogen-bond acceptors (Lipinski definition) is 4. The van der Waals surface area contributed by atoms with E-state index < -0.39 is 16.1 Å². The van der Waals surface area contributed by atoms with Crippen LogP contribution >= 0.6 is 15.9 Å². The lowest BCUT2D eigenvalue weighted by molar-refractivity contribution is 0.0748. The van der Waals surface area contributed by atoms with E-state index in [0.717, 1.165) is 10.7 Å². The van der Waals surface area contributed by atoms with E-state index in [2.05, 4.69) is 20.1 Å². The van der Waals surface area contributed by atoms with E-state index in [0.29, 0.717) is 0 Å². The molecule has 0 atom stereocenters. The molecule has 0 radical (unpaired) electrons. The van der Waals surface area contributed by atoms with Gasteiger partial charge in [-0.3, -0.25) is 0 Å². The van der Waals surface area contributed by atoms with Gasteiger partial charge in [-0.2, -0.15) is 8.42 Å². The van der Waals surface area contributed by atoms with Gasteiger partial charge in [0, 0.05) is 4.47 Å². The Labute approximate surface area is 90.1 Å². The minimum absolute atomic E-state index is 0.193. The van der Waals surface area contributed by atoms with E-state index in [1.807, 2.05) is 0 Å². The third kappa shape index (κ3) is 3.47. The van der Waals surface area contributed by atoms with Gasteiger partial charge in [-0.25, -0.2) is 4.79 Å². The predicted molar refractivity (Wildman–Crippen MR) is 54.4 cm³/mol. The first kappa shape index (κ1) is 11.2. The van der Waals surface area contributed by atoms with Gasteiger partial charge in [-0.1, -0.05) is 15.9 Å². The maximum Gasteiger partial charge on any atom is 0.353 e. The zero-order valence-electron chi connectivity index (χ0n) is 7.23. The molecule has 0 saturated heterocycles. The van der Waals surface area contributed by atoms with E-state index in [4.69, 9.17) is 0 Å². The van der Waals surface area contributed by atoms with E-state index in [-0.39, 0.29) is 5.56 Å². The highest BCUT2D eigenvalue weighted by atomic mass is 79.9. The van der Waals surface area contributed by atoms with Crippen LogP contribution in [0.25, 0.3) is 0 Å². The first-order chi connectivity index (χ1) is 6.38. The molecule has 0 aliphatic carbocycles. The van der Waals surface area contributed by atoms with Crippen molar-refractivity contribution in [1.29, 1.82) is 0 Å². The number of carbonyl (C=O) groups is 1. The maximum absolute atomic E-state index is 11.2. The molecule has 0 bridgehead atoms. The van der Waals surface area contributed by atoms with Gasteiger partial charge in [0.1, 0.15) is 0 Å². The summed E-state index contributed by atoms with van der Waals surface area (Å²) in [5.74, 6) is -0.875. The summed E-state index contributed by atoms with van der Waals surface area (Å²) in [6.45, 7) is 0. The SMILES string of the molecule is CS(=O)(=O)OC(=O)c1ccc(Br)cc1. The molecule has 1 rings (SSSR count). The third-order valence-electron chi connectivity index (χ3n) is 1.31. The van der Waals surface area contributed by atoms with Crippen LogP contribution in [0.15, 0.2) is 28.7 Å². The van der Waals surface area contributed by atoms with Gasteiger partial charge >= 0.3 is 16.1 Å². The van der Waals surface area contributed by atoms with Crippen molar-refractivity contribution in [3.8, 4) is 0 Å². The molecule has 0 aliphatic rings. The van der Waals surface area contributed by atoms with Crippen LogP contribution in [-0.4, -0.2) is 20.6 Å². The van der Waals surface area contributed by atoms with Crippen LogP contribution in [0.1, 0.15) is 10.4 Å². The summed E-state index contributed by atoms with van der Waals surface area (Å²) in [4.78, 5) is 11.2. The van der Waals surface area contributed by atoms with E-state index >= 15 is 0 Å². The average Bonchev–Trinajstić information content (AvgIpc) is 2.02. The molecule has 14 heavy (non-hydrogen) atoms. The van der Waals surface area contributed by atoms with Crippen LogP contribution < -0.4 is 0 Å². The molecule has 1 aromatic rings. The summed E-state index contributed by atoms with van der Waals surface area (Å²) in [7, 11) is -3.74. The monoisotopic (exact) mass is 278 g/mol. The minimum Gasteiger partial charge on any atom is -0.341 e. The molecule has 0 heterocycles. The number of halogens is 1. The highest BCUT2D eigenvalue weighted by Gasteiger charge is 2.12. The summed E-state index contributed by atoms with van der Waals surface area (Å²) in [5.41, 5.74) is 0.193. The molecular weight excluding hydrogens is 272 g/mol. The lowest BCUT2D eigenvalue weighted by atomic mass is 10.2. The maximum atomic E-state index is 11.2. The second kappa shape index (κ2) is 4.10. The molecular formula is C8H7BrO4S. The quantitative estimate of drug-likeness (QED) is 0.771. The Bertz CT molecular complexity index is 435. The Balaban J connectivity index is 2.86. The van der Waals surface area contributed by atoms with Crippen LogP contribution in [0.4, 0.5) is 0 Å². The molecule has 0 amide bonds. The van der Waals surface area contributed by atoms with E-state index in [1.165, 1.54) is 12.1 Å². The van der Waals surface area contributed by atoms with Crippen LogP contribution in [0.5, 0.6) is 0 Å². The lowest BCUT2D eigenvalue weighted by Crippen LogP contribution is -2.11. The highest BCUT2D eigenvalue weighted by Crippen LogP contribution is 2.11. The molecule has 0 N–H and O–H groups in total. The Morgan fingerprint density at radius 1 is 1.29 bits per heavy atom. The Hall–Kier alpha value is -0.880. The van der Waals surface area contributed by atoms with Gasteiger partial charge in [-0.15, -0.1) is 0 Å². The standard InChI is InChI=1S/C8H7BrO4S/c1-14(11,12)13-8(10)6-2-4-7(9)5-3-6/h2-5H,1H3. The molecule has 0 saturated carbocycles. The second-order valence-electron chi connectivity index (χ2n) is 2.58. The number of benzene rings is 1. The highest BCUT2D eigenvalue weighted by molar-refractivity contribution is 9.10. The number of hydrogen-bond donors (Lipinski definition) is 0. The first-order valence-electron chi connectivity index (χ1n) is 3.58. The van der Waals surface area contributed by atoms with Crippen molar-refractivity contribution in [2.45, 2.75) is 0 Å². The van der Waals surface area contributed by atoms with Crippen molar-refractivity contribution in [2.75, 3.05) is 6.26 Å². The van der Waals surface area contributed by atoms with Crippen molar-refractivity contribution < 1.29 is 17.4 Å². The van der Waals surface area contributed by atoms with Gasteiger partial charge in [0.15, 0.2) is 0 Å². The van der Waals surface area contributed by atoms with Crippen molar-refractivity contribution in [1.82, 2.24) is 0 Å². The molecule has 0 aliphatic heterocycles. The summed E-state index contributed by atoms with van der Waals surface area (Å²) in [5, 5.41) is 0. The zero-order valence-corrected chi connectivity index (χ0v) is 9.63. The Morgan fingerprint density at radius 3 is 2.21 bits per heavy atom. The van der Waals surface area contributed by atoms with Crippen molar-refractivity contribution in [3.05, 3.63) is 34.3 Å². The zero-order chi connectivity index (χ0) is 10.8. The summed E-state index contributed by atoms with van der Waals surface area (Å²) >= 11 is 3.19. The molecule has 1 aromatic carbocycles. The summed E-state index contributed by atoms with van der Waals surface area (Å²) in [6, 6.07) is 6.19. The summed E-state index contributed by atoms with van der Waals surface area (Å²) in [6.07, 6.45) is 0.823. The fraction of sp³-hybridized carbons (Fsp3) is 0.125. The smallest absolute Gasteiger partial charge is 0.341 e. The van der Waals surface area contributed by atoms with Crippen LogP contribution in [0, 0.1) is 0 Å². The van der Waals surface area contributed by atoms with Gasteiger partial charge in [0.05, 0.1) is 11.8 Å². The fourth-order valence-electron chi connectivity index (χ4n) is 0.772. The Kier molecular flexibility index (Phi) is 3.28. The van der Waals surface area contributed by atoms with E-state index in [9.17, 15) is 13.2 Å². The largest absolute Gasteiger partial charge is 0.353 e. The molecule has 0 fully saturated rings. The van der Waals surface area contributed by atoms with Gasteiger partial charge in [0.25, 0.3) is 0 Å². The molecule has 4 nitrogen and oxygen atoms in total. The normalized spacial score (nSPS) is 11.0. The van der Waals surface area contributed by atoms with Gasteiger partial charge in [-0.05, 0) is 24.3 Å². The van der Waals surface area contributed by atoms with Crippen LogP contribution in [0.3, 0.4) is 0 Å². The minimum atomic E-state index is -3.74.